The molecule has 3 aromatic rings. The van der Waals surface area contributed by atoms with Gasteiger partial charge in [0.25, 0.3) is 5.89 Å². The second kappa shape index (κ2) is 12.0. The van der Waals surface area contributed by atoms with E-state index < -0.39 is 6.36 Å². The highest BCUT2D eigenvalue weighted by Crippen LogP contribution is 2.25. The minimum absolute atomic E-state index is 0.246. The molecule has 3 rings (SSSR count). The smallest absolute Gasteiger partial charge is 0.406 e. The summed E-state index contributed by atoms with van der Waals surface area (Å²) in [6.45, 7) is 8.26. The van der Waals surface area contributed by atoms with E-state index in [1.807, 2.05) is 19.9 Å². The number of halogens is 3. The number of alkyl halides is 3. The maximum Gasteiger partial charge on any atom is 0.573 e. The molecule has 0 saturated carbocycles. The molecule has 33 heavy (non-hydrogen) atoms. The Morgan fingerprint density at radius 2 is 1.70 bits per heavy atom. The molecule has 176 valence electrons. The van der Waals surface area contributed by atoms with Gasteiger partial charge in [0.1, 0.15) is 11.5 Å². The second-order valence-electron chi connectivity index (χ2n) is 7.29. The van der Waals surface area contributed by atoms with Gasteiger partial charge in [-0.2, -0.15) is 4.98 Å². The van der Waals surface area contributed by atoms with Crippen molar-refractivity contribution in [3.05, 3.63) is 77.2 Å². The van der Waals surface area contributed by atoms with E-state index in [1.165, 1.54) is 35.4 Å². The van der Waals surface area contributed by atoms with Crippen LogP contribution in [0.4, 0.5) is 13.2 Å². The van der Waals surface area contributed by atoms with Crippen LogP contribution < -0.4 is 4.74 Å². The highest BCUT2D eigenvalue weighted by atomic mass is 19.4. The van der Waals surface area contributed by atoms with Crippen molar-refractivity contribution in [3.8, 4) is 17.1 Å². The van der Waals surface area contributed by atoms with Gasteiger partial charge in [-0.05, 0) is 62.6 Å². The summed E-state index contributed by atoms with van der Waals surface area (Å²) in [5, 5.41) is 3.83. The topological polar surface area (TPSA) is 60.5 Å². The normalized spacial score (nSPS) is 12.2. The Morgan fingerprint density at radius 1 is 1.06 bits per heavy atom. The summed E-state index contributed by atoms with van der Waals surface area (Å²) in [5.74, 6) is 0.190. The Bertz CT molecular complexity index is 1070. The number of allylic oxidation sites excluding steroid dienone is 2. The first kappa shape index (κ1) is 25.8. The predicted octanol–water partition coefficient (Wildman–Crippen LogP) is 6.97. The van der Waals surface area contributed by atoms with E-state index in [0.29, 0.717) is 11.3 Å². The molecule has 0 amide bonds. The number of nitrogens with zero attached hydrogens (tertiary/aromatic N) is 3. The van der Waals surface area contributed by atoms with Gasteiger partial charge in [-0.1, -0.05) is 54.4 Å². The molecule has 0 aliphatic rings. The lowest BCUT2D eigenvalue weighted by Gasteiger charge is -2.08. The molecule has 0 aliphatic carbocycles. The summed E-state index contributed by atoms with van der Waals surface area (Å²) in [6.07, 6.45) is -0.880. The van der Waals surface area contributed by atoms with Gasteiger partial charge in [-0.15, -0.1) is 13.2 Å². The third-order valence-electron chi connectivity index (χ3n) is 4.70. The van der Waals surface area contributed by atoms with Crippen LogP contribution in [0.15, 0.2) is 69.7 Å². The van der Waals surface area contributed by atoms with E-state index in [4.69, 9.17) is 4.52 Å². The molecule has 0 spiro atoms. The fourth-order valence-electron chi connectivity index (χ4n) is 2.63. The van der Waals surface area contributed by atoms with Gasteiger partial charge >= 0.3 is 6.36 Å². The van der Waals surface area contributed by atoms with Gasteiger partial charge in [-0.25, -0.2) is 0 Å². The first-order valence-corrected chi connectivity index (χ1v) is 10.5. The molecule has 2 aromatic carbocycles. The lowest BCUT2D eigenvalue weighted by atomic mass is 10.1. The number of hydrogen-bond donors (Lipinski definition) is 0. The quantitative estimate of drug-likeness (QED) is 0.374. The van der Waals surface area contributed by atoms with Crippen LogP contribution in [0.3, 0.4) is 0 Å². The van der Waals surface area contributed by atoms with Crippen molar-refractivity contribution < 1.29 is 22.4 Å². The van der Waals surface area contributed by atoms with Crippen molar-refractivity contribution >= 4 is 5.71 Å². The predicted molar refractivity (Wildman–Crippen MR) is 123 cm³/mol. The van der Waals surface area contributed by atoms with E-state index in [2.05, 4.69) is 58.0 Å². The first-order valence-electron chi connectivity index (χ1n) is 10.5. The summed E-state index contributed by atoms with van der Waals surface area (Å²) >= 11 is 0. The average Bonchev–Trinajstić information content (AvgIpc) is 3.28. The number of aliphatic imine (C=N–C) groups is 1. The van der Waals surface area contributed by atoms with Gasteiger partial charge in [0, 0.05) is 12.6 Å². The monoisotopic (exact) mass is 459 g/mol. The molecule has 8 heteroatoms. The van der Waals surface area contributed by atoms with Gasteiger partial charge in [-0.3, -0.25) is 4.99 Å². The zero-order chi connectivity index (χ0) is 24.4. The van der Waals surface area contributed by atoms with Crippen LogP contribution in [0.5, 0.6) is 5.75 Å². The third-order valence-corrected chi connectivity index (χ3v) is 4.70. The maximum absolute atomic E-state index is 12.1. The van der Waals surface area contributed by atoms with Gasteiger partial charge in [0.15, 0.2) is 0 Å². The van der Waals surface area contributed by atoms with Crippen molar-refractivity contribution in [3.63, 3.8) is 0 Å². The highest BCUT2D eigenvalue weighted by Gasteiger charge is 2.31. The molecule has 0 fully saturated rings. The lowest BCUT2D eigenvalue weighted by molar-refractivity contribution is -0.274. The zero-order valence-corrected chi connectivity index (χ0v) is 19.4. The minimum atomic E-state index is -4.73. The average molecular weight is 460 g/mol. The van der Waals surface area contributed by atoms with E-state index in [1.54, 1.807) is 7.05 Å². The van der Waals surface area contributed by atoms with Crippen LogP contribution in [-0.4, -0.2) is 29.3 Å². The van der Waals surface area contributed by atoms with E-state index in [-0.39, 0.29) is 17.5 Å². The summed E-state index contributed by atoms with van der Waals surface area (Å²) in [6, 6.07) is 13.9. The standard InChI is InChI=1S/C16H16F3N3O2.C9H12/c1-4-10(2)9-13(20-3)15-21-14(22-24-15)11-5-7-12(8-6-11)23-16(17,18)19;1-3-9-6-4-8(2)5-7-9/h5-9H,4H2,1-3H3;4-7H,3H2,1-2H3/b10-9+,20-13?;. The Morgan fingerprint density at radius 3 is 2.21 bits per heavy atom. The Labute approximate surface area is 192 Å². The van der Waals surface area contributed by atoms with Crippen LogP contribution in [0.2, 0.25) is 0 Å². The van der Waals surface area contributed by atoms with Crippen molar-refractivity contribution in [2.75, 3.05) is 7.05 Å². The van der Waals surface area contributed by atoms with Crippen LogP contribution in [0.1, 0.15) is 44.2 Å². The lowest BCUT2D eigenvalue weighted by Crippen LogP contribution is -2.16. The molecular weight excluding hydrogens is 431 g/mol. The van der Waals surface area contributed by atoms with Crippen LogP contribution in [-0.2, 0) is 6.42 Å². The van der Waals surface area contributed by atoms with Gasteiger partial charge < -0.3 is 9.26 Å². The minimum Gasteiger partial charge on any atom is -0.406 e. The molecule has 5 nitrogen and oxygen atoms in total. The van der Waals surface area contributed by atoms with E-state index >= 15 is 0 Å². The molecule has 0 bridgehead atoms. The van der Waals surface area contributed by atoms with Crippen molar-refractivity contribution in [2.24, 2.45) is 4.99 Å². The van der Waals surface area contributed by atoms with Crippen LogP contribution in [0, 0.1) is 6.92 Å². The zero-order valence-electron chi connectivity index (χ0n) is 19.4. The fourth-order valence-corrected chi connectivity index (χ4v) is 2.63. The molecule has 0 aliphatic heterocycles. The molecule has 0 radical (unpaired) electrons. The van der Waals surface area contributed by atoms with Gasteiger partial charge in [0.05, 0.1) is 0 Å². The number of ether oxygens (including phenoxy) is 1. The largest absolute Gasteiger partial charge is 0.573 e. The molecular formula is C25H28F3N3O2. The number of aromatic nitrogens is 2. The van der Waals surface area contributed by atoms with Crippen LogP contribution in [0.25, 0.3) is 11.4 Å². The maximum atomic E-state index is 12.1. The number of benzene rings is 2. The first-order chi connectivity index (χ1) is 15.6. The van der Waals surface area contributed by atoms with E-state index in [9.17, 15) is 13.2 Å². The fraction of sp³-hybridized carbons (Fsp3) is 0.320. The molecule has 0 saturated heterocycles. The Balaban J connectivity index is 0.000000357. The Kier molecular flexibility index (Phi) is 9.39. The van der Waals surface area contributed by atoms with Crippen LogP contribution >= 0.6 is 0 Å². The number of rotatable bonds is 6. The van der Waals surface area contributed by atoms with Crippen molar-refractivity contribution in [2.45, 2.75) is 46.9 Å². The SMILES string of the molecule is CC/C(C)=C/C(=NC)c1nc(-c2ccc(OC(F)(F)F)cc2)no1.CCc1ccc(C)cc1. The molecule has 0 atom stereocenters. The number of hydrogen-bond acceptors (Lipinski definition) is 5. The summed E-state index contributed by atoms with van der Waals surface area (Å²) in [4.78, 5) is 8.33. The second-order valence-corrected chi connectivity index (χ2v) is 7.29. The number of aryl methyl sites for hydroxylation is 2. The van der Waals surface area contributed by atoms with E-state index in [0.717, 1.165) is 18.4 Å². The molecule has 0 N–H and O–H groups in total. The summed E-state index contributed by atoms with van der Waals surface area (Å²) in [7, 11) is 1.61. The molecule has 0 unspecified atom stereocenters. The van der Waals surface area contributed by atoms with Gasteiger partial charge in [0.2, 0.25) is 5.82 Å². The van der Waals surface area contributed by atoms with Crippen molar-refractivity contribution in [1.82, 2.24) is 10.1 Å². The third kappa shape index (κ3) is 8.56. The molecule has 1 heterocycles. The molecule has 1 aromatic heterocycles. The Hall–Kier alpha value is -3.42. The van der Waals surface area contributed by atoms with Crippen molar-refractivity contribution in [1.29, 1.82) is 0 Å². The summed E-state index contributed by atoms with van der Waals surface area (Å²) < 4.78 is 45.4. The highest BCUT2D eigenvalue weighted by molar-refractivity contribution is 6.05. The summed E-state index contributed by atoms with van der Waals surface area (Å²) in [5.41, 5.74) is 4.91.